The number of aliphatic imine (C=N–C) groups is 1. The Labute approximate surface area is 202 Å². The Bertz CT molecular complexity index is 1270. The molecule has 0 aromatic carbocycles. The second-order valence-corrected chi connectivity index (χ2v) is 8.31. The first-order valence-electron chi connectivity index (χ1n) is 11.0. The fourth-order valence-electron chi connectivity index (χ4n) is 3.90. The number of carbonyl (C=O) groups is 1. The standard InChI is InChI=1S/C23H28N8O4/c1-14(20(32)28-16-8-9-23(16,2)34-5)19-29-17(13-18(24-3)31(19)25-4)27-15-7-6-11-30(21(15)33)22-26-10-12-35-22/h6-7,10-13,16,27,29H,4,8-9H2,1-3,5H3,(H,28,32)/b19-14+,24-18?/t16-,23?/m1/s1. The molecule has 184 valence electrons. The van der Waals surface area contributed by atoms with Gasteiger partial charge in [0.2, 0.25) is 0 Å². The predicted octanol–water partition coefficient (Wildman–Crippen LogP) is 1.54. The molecule has 3 N–H and O–H groups in total. The molecule has 2 aliphatic rings. The first-order valence-corrected chi connectivity index (χ1v) is 11.0. The Morgan fingerprint density at radius 3 is 2.86 bits per heavy atom. The third-order valence-electron chi connectivity index (χ3n) is 6.30. The number of hydrogen-bond donors (Lipinski definition) is 3. The number of methoxy groups -OCH3 is 1. The molecule has 0 bridgehead atoms. The van der Waals surface area contributed by atoms with E-state index in [1.54, 1.807) is 45.5 Å². The van der Waals surface area contributed by atoms with Gasteiger partial charge in [-0.25, -0.2) is 9.55 Å². The van der Waals surface area contributed by atoms with Crippen LogP contribution in [-0.4, -0.2) is 58.8 Å². The lowest BCUT2D eigenvalue weighted by atomic mass is 9.76. The molecule has 0 spiro atoms. The van der Waals surface area contributed by atoms with Crippen molar-refractivity contribution in [3.05, 3.63) is 64.4 Å². The first-order chi connectivity index (χ1) is 16.8. The number of rotatable bonds is 7. The summed E-state index contributed by atoms with van der Waals surface area (Å²) in [6, 6.07) is 3.35. The van der Waals surface area contributed by atoms with Crippen LogP contribution in [0.4, 0.5) is 5.69 Å². The number of pyridine rings is 1. The van der Waals surface area contributed by atoms with Crippen LogP contribution in [0.2, 0.25) is 0 Å². The zero-order valence-electron chi connectivity index (χ0n) is 20.0. The van der Waals surface area contributed by atoms with Crippen LogP contribution in [0.15, 0.2) is 73.4 Å². The molecule has 35 heavy (non-hydrogen) atoms. The van der Waals surface area contributed by atoms with Crippen LogP contribution in [0.25, 0.3) is 6.01 Å². The predicted molar refractivity (Wildman–Crippen MR) is 131 cm³/mol. The van der Waals surface area contributed by atoms with Crippen LogP contribution in [0.1, 0.15) is 26.7 Å². The van der Waals surface area contributed by atoms with Crippen LogP contribution in [0.3, 0.4) is 0 Å². The van der Waals surface area contributed by atoms with Crippen molar-refractivity contribution < 1.29 is 13.9 Å². The van der Waals surface area contributed by atoms with Crippen molar-refractivity contribution in [3.63, 3.8) is 0 Å². The number of amidine groups is 1. The molecule has 1 amide bonds. The molecule has 1 aliphatic carbocycles. The van der Waals surface area contributed by atoms with Gasteiger partial charge in [0.15, 0.2) is 5.84 Å². The quantitative estimate of drug-likeness (QED) is 0.401. The molecule has 12 nitrogen and oxygen atoms in total. The van der Waals surface area contributed by atoms with Crippen molar-refractivity contribution in [2.45, 2.75) is 38.3 Å². The molecule has 1 saturated carbocycles. The van der Waals surface area contributed by atoms with Gasteiger partial charge in [0.25, 0.3) is 11.5 Å². The Hall–Kier alpha value is -4.19. The van der Waals surface area contributed by atoms with Gasteiger partial charge in [-0.1, -0.05) is 0 Å². The number of carbonyl (C=O) groups excluding carboxylic acids is 1. The molecular weight excluding hydrogens is 452 g/mol. The van der Waals surface area contributed by atoms with Gasteiger partial charge in [-0.3, -0.25) is 14.6 Å². The maximum atomic E-state index is 13.1. The third kappa shape index (κ3) is 4.47. The number of aromatic nitrogens is 2. The van der Waals surface area contributed by atoms with E-state index in [2.05, 4.69) is 37.7 Å². The highest BCUT2D eigenvalue weighted by molar-refractivity contribution is 5.99. The summed E-state index contributed by atoms with van der Waals surface area (Å²) in [6.07, 6.45) is 7.75. The number of hydrazone groups is 1. The van der Waals surface area contributed by atoms with Gasteiger partial charge in [-0.05, 0) is 38.8 Å². The Morgan fingerprint density at radius 2 is 2.26 bits per heavy atom. The van der Waals surface area contributed by atoms with Gasteiger partial charge in [0.05, 0.1) is 23.4 Å². The topological polar surface area (TPSA) is 138 Å². The molecule has 2 atom stereocenters. The van der Waals surface area contributed by atoms with Crippen molar-refractivity contribution in [1.82, 2.24) is 25.2 Å². The molecule has 2 aromatic heterocycles. The fourth-order valence-corrected chi connectivity index (χ4v) is 3.90. The molecule has 1 fully saturated rings. The van der Waals surface area contributed by atoms with Crippen molar-refractivity contribution in [3.8, 4) is 6.01 Å². The summed E-state index contributed by atoms with van der Waals surface area (Å²) in [7, 11) is 3.23. The number of amides is 1. The van der Waals surface area contributed by atoms with Gasteiger partial charge < -0.3 is 25.1 Å². The molecule has 0 saturated heterocycles. The van der Waals surface area contributed by atoms with Gasteiger partial charge in [-0.15, -0.1) is 0 Å². The highest BCUT2D eigenvalue weighted by Gasteiger charge is 2.44. The number of oxazole rings is 1. The number of hydrogen-bond acceptors (Lipinski definition) is 9. The molecular formula is C23H28N8O4. The van der Waals surface area contributed by atoms with E-state index in [0.29, 0.717) is 23.1 Å². The van der Waals surface area contributed by atoms with Crippen LogP contribution < -0.4 is 21.5 Å². The van der Waals surface area contributed by atoms with Crippen LogP contribution in [-0.2, 0) is 9.53 Å². The molecule has 0 radical (unpaired) electrons. The monoisotopic (exact) mass is 480 g/mol. The normalized spacial score (nSPS) is 24.2. The zero-order chi connectivity index (χ0) is 25.2. The van der Waals surface area contributed by atoms with E-state index in [1.165, 1.54) is 22.0 Å². The molecule has 1 aliphatic heterocycles. The van der Waals surface area contributed by atoms with Gasteiger partial charge in [-0.2, -0.15) is 10.1 Å². The SMILES string of the molecule is C=NN1C(=NC)C=C(Nc2cccn(-c3ncco3)c2=O)N/C1=C(/C)C(=O)N[C@@H]1CCC1(C)OC. The lowest BCUT2D eigenvalue weighted by Crippen LogP contribution is -2.59. The Morgan fingerprint density at radius 1 is 1.46 bits per heavy atom. The fraction of sp³-hybridized carbons (Fsp3) is 0.348. The molecule has 3 heterocycles. The smallest absolute Gasteiger partial charge is 0.308 e. The number of nitrogens with one attached hydrogen (secondary N) is 3. The third-order valence-corrected chi connectivity index (χ3v) is 6.30. The second-order valence-electron chi connectivity index (χ2n) is 8.31. The van der Waals surface area contributed by atoms with Crippen molar-refractivity contribution in [1.29, 1.82) is 0 Å². The molecule has 2 aromatic rings. The second kappa shape index (κ2) is 9.58. The summed E-state index contributed by atoms with van der Waals surface area (Å²) in [4.78, 5) is 34.3. The lowest BCUT2D eigenvalue weighted by Gasteiger charge is -2.46. The van der Waals surface area contributed by atoms with Crippen LogP contribution in [0.5, 0.6) is 0 Å². The minimum Gasteiger partial charge on any atom is -0.432 e. The number of ether oxygens (including phenoxy) is 1. The average Bonchev–Trinajstić information content (AvgIpc) is 3.40. The summed E-state index contributed by atoms with van der Waals surface area (Å²) < 4.78 is 12.1. The summed E-state index contributed by atoms with van der Waals surface area (Å²) in [5, 5.41) is 14.7. The zero-order valence-corrected chi connectivity index (χ0v) is 20.0. The minimum absolute atomic E-state index is 0.102. The van der Waals surface area contributed by atoms with E-state index in [9.17, 15) is 9.59 Å². The summed E-state index contributed by atoms with van der Waals surface area (Å²) in [6.45, 7) is 7.25. The largest absolute Gasteiger partial charge is 0.432 e. The Balaban J connectivity index is 1.63. The van der Waals surface area contributed by atoms with Crippen LogP contribution in [0, 0.1) is 0 Å². The van der Waals surface area contributed by atoms with E-state index in [1.807, 2.05) is 6.92 Å². The van der Waals surface area contributed by atoms with Gasteiger partial charge >= 0.3 is 6.01 Å². The highest BCUT2D eigenvalue weighted by atomic mass is 16.5. The van der Waals surface area contributed by atoms with Crippen molar-refractivity contribution in [2.75, 3.05) is 19.5 Å². The molecule has 4 rings (SSSR count). The van der Waals surface area contributed by atoms with E-state index in [4.69, 9.17) is 9.15 Å². The summed E-state index contributed by atoms with van der Waals surface area (Å²) in [5.74, 6) is 0.903. The Kier molecular flexibility index (Phi) is 6.56. The summed E-state index contributed by atoms with van der Waals surface area (Å²) >= 11 is 0. The molecule has 12 heteroatoms. The highest BCUT2D eigenvalue weighted by Crippen LogP contribution is 2.35. The lowest BCUT2D eigenvalue weighted by molar-refractivity contribution is -0.127. The van der Waals surface area contributed by atoms with Gasteiger partial charge in [0, 0.05) is 33.1 Å². The van der Waals surface area contributed by atoms with E-state index in [0.717, 1.165) is 12.8 Å². The summed E-state index contributed by atoms with van der Waals surface area (Å²) in [5.41, 5.74) is -0.149. The maximum absolute atomic E-state index is 13.1. The van der Waals surface area contributed by atoms with Crippen LogP contribution >= 0.6 is 0 Å². The van der Waals surface area contributed by atoms with E-state index < -0.39 is 5.60 Å². The first kappa shape index (κ1) is 24.0. The maximum Gasteiger partial charge on any atom is 0.308 e. The van der Waals surface area contributed by atoms with E-state index >= 15 is 0 Å². The van der Waals surface area contributed by atoms with Crippen molar-refractivity contribution in [2.24, 2.45) is 10.1 Å². The minimum atomic E-state index is -0.393. The van der Waals surface area contributed by atoms with Crippen molar-refractivity contribution >= 4 is 24.1 Å². The van der Waals surface area contributed by atoms with E-state index in [-0.39, 0.29) is 29.2 Å². The molecule has 1 unspecified atom stereocenters. The number of anilines is 1. The van der Waals surface area contributed by atoms with Gasteiger partial charge in [0.1, 0.15) is 23.6 Å². The average molecular weight is 481 g/mol. The number of nitrogens with zero attached hydrogens (tertiary/aromatic N) is 5.